The van der Waals surface area contributed by atoms with Crippen LogP contribution in [0.3, 0.4) is 0 Å². The Morgan fingerprint density at radius 1 is 1.29 bits per heavy atom. The van der Waals surface area contributed by atoms with Crippen LogP contribution in [0.2, 0.25) is 0 Å². The van der Waals surface area contributed by atoms with Crippen molar-refractivity contribution in [3.63, 3.8) is 0 Å². The van der Waals surface area contributed by atoms with E-state index in [2.05, 4.69) is 25.8 Å². The van der Waals surface area contributed by atoms with Gasteiger partial charge in [0.1, 0.15) is 11.5 Å². The first-order valence-electron chi connectivity index (χ1n) is 7.82. The predicted molar refractivity (Wildman–Crippen MR) is 90.1 cm³/mol. The van der Waals surface area contributed by atoms with Gasteiger partial charge in [-0.1, -0.05) is 0 Å². The Bertz CT molecular complexity index is 677. The summed E-state index contributed by atoms with van der Waals surface area (Å²) in [6, 6.07) is 5.45. The summed E-state index contributed by atoms with van der Waals surface area (Å²) in [5.74, 6) is 2.39. The molecular formula is C16H21N5O3. The molecule has 128 valence electrons. The zero-order chi connectivity index (χ0) is 16.8. The zero-order valence-electron chi connectivity index (χ0n) is 13.8. The average molecular weight is 331 g/mol. The molecule has 1 aliphatic rings. The van der Waals surface area contributed by atoms with Gasteiger partial charge in [-0.3, -0.25) is 0 Å². The monoisotopic (exact) mass is 331 g/mol. The Morgan fingerprint density at radius 3 is 2.96 bits per heavy atom. The molecule has 0 saturated carbocycles. The van der Waals surface area contributed by atoms with E-state index >= 15 is 0 Å². The summed E-state index contributed by atoms with van der Waals surface area (Å²) in [6.07, 6.45) is 3.99. The number of anilines is 3. The van der Waals surface area contributed by atoms with Gasteiger partial charge in [-0.15, -0.1) is 5.10 Å². The van der Waals surface area contributed by atoms with Gasteiger partial charge >= 0.3 is 0 Å². The van der Waals surface area contributed by atoms with Crippen LogP contribution in [0.5, 0.6) is 11.5 Å². The Labute approximate surface area is 140 Å². The first-order chi connectivity index (χ1) is 11.8. The first kappa shape index (κ1) is 16.3. The van der Waals surface area contributed by atoms with E-state index in [-0.39, 0.29) is 6.10 Å². The summed E-state index contributed by atoms with van der Waals surface area (Å²) in [5, 5.41) is 14.3. The summed E-state index contributed by atoms with van der Waals surface area (Å²) in [7, 11) is 3.21. The Balaban J connectivity index is 1.69. The van der Waals surface area contributed by atoms with E-state index in [0.717, 1.165) is 19.4 Å². The van der Waals surface area contributed by atoms with Crippen molar-refractivity contribution in [3.05, 3.63) is 24.4 Å². The second-order valence-corrected chi connectivity index (χ2v) is 5.37. The number of aromatic nitrogens is 3. The topological polar surface area (TPSA) is 90.4 Å². The van der Waals surface area contributed by atoms with Crippen LogP contribution in [0, 0.1) is 0 Å². The third-order valence-corrected chi connectivity index (χ3v) is 3.75. The van der Waals surface area contributed by atoms with Crippen LogP contribution in [0.1, 0.15) is 12.8 Å². The summed E-state index contributed by atoms with van der Waals surface area (Å²) >= 11 is 0. The molecule has 1 aromatic heterocycles. The molecule has 1 fully saturated rings. The van der Waals surface area contributed by atoms with Crippen LogP contribution < -0.4 is 20.1 Å². The predicted octanol–water partition coefficient (Wildman–Crippen LogP) is 2.22. The van der Waals surface area contributed by atoms with Crippen molar-refractivity contribution in [2.75, 3.05) is 38.0 Å². The smallest absolute Gasteiger partial charge is 0.249 e. The molecule has 3 rings (SSSR count). The van der Waals surface area contributed by atoms with E-state index in [9.17, 15) is 0 Å². The number of nitrogens with zero attached hydrogens (tertiary/aromatic N) is 3. The summed E-state index contributed by atoms with van der Waals surface area (Å²) in [5.41, 5.74) is 0.704. The third kappa shape index (κ3) is 4.02. The molecule has 0 aliphatic carbocycles. The molecule has 2 aromatic rings. The molecule has 8 heteroatoms. The molecule has 1 aliphatic heterocycles. The van der Waals surface area contributed by atoms with Gasteiger partial charge < -0.3 is 24.8 Å². The average Bonchev–Trinajstić information content (AvgIpc) is 3.14. The molecule has 1 aromatic carbocycles. The van der Waals surface area contributed by atoms with Crippen LogP contribution in [0.25, 0.3) is 0 Å². The lowest BCUT2D eigenvalue weighted by molar-refractivity contribution is 0.120. The first-order valence-corrected chi connectivity index (χ1v) is 7.82. The van der Waals surface area contributed by atoms with Gasteiger partial charge in [-0.05, 0) is 25.0 Å². The van der Waals surface area contributed by atoms with Crippen LogP contribution in [0.4, 0.5) is 17.5 Å². The van der Waals surface area contributed by atoms with Crippen LogP contribution >= 0.6 is 0 Å². The molecule has 0 spiro atoms. The van der Waals surface area contributed by atoms with Crippen LogP contribution in [-0.4, -0.2) is 48.7 Å². The lowest BCUT2D eigenvalue weighted by atomic mass is 10.2. The molecule has 0 amide bonds. The molecule has 0 radical (unpaired) electrons. The van der Waals surface area contributed by atoms with Gasteiger partial charge in [0.25, 0.3) is 0 Å². The van der Waals surface area contributed by atoms with E-state index in [1.165, 1.54) is 0 Å². The van der Waals surface area contributed by atoms with Gasteiger partial charge in [0.05, 0.1) is 32.2 Å². The Kier molecular flexibility index (Phi) is 5.27. The maximum Gasteiger partial charge on any atom is 0.249 e. The summed E-state index contributed by atoms with van der Waals surface area (Å²) in [4.78, 5) is 4.41. The Hall–Kier alpha value is -2.61. The molecule has 2 N–H and O–H groups in total. The van der Waals surface area contributed by atoms with Crippen LogP contribution in [-0.2, 0) is 4.74 Å². The largest absolute Gasteiger partial charge is 0.497 e. The maximum absolute atomic E-state index is 5.58. The van der Waals surface area contributed by atoms with E-state index in [1.807, 2.05) is 18.2 Å². The van der Waals surface area contributed by atoms with E-state index in [1.54, 1.807) is 20.4 Å². The van der Waals surface area contributed by atoms with Gasteiger partial charge in [0, 0.05) is 19.2 Å². The number of hydrogen-bond acceptors (Lipinski definition) is 8. The van der Waals surface area contributed by atoms with Crippen molar-refractivity contribution in [1.29, 1.82) is 0 Å². The maximum atomic E-state index is 5.58. The van der Waals surface area contributed by atoms with Crippen molar-refractivity contribution >= 4 is 17.5 Å². The third-order valence-electron chi connectivity index (χ3n) is 3.75. The molecule has 1 atom stereocenters. The number of methoxy groups -OCH3 is 2. The molecule has 2 heterocycles. The van der Waals surface area contributed by atoms with E-state index < -0.39 is 0 Å². The zero-order valence-corrected chi connectivity index (χ0v) is 13.8. The molecule has 8 nitrogen and oxygen atoms in total. The van der Waals surface area contributed by atoms with Crippen LogP contribution in [0.15, 0.2) is 24.4 Å². The highest BCUT2D eigenvalue weighted by Gasteiger charge is 2.15. The number of benzene rings is 1. The number of ether oxygens (including phenoxy) is 3. The summed E-state index contributed by atoms with van der Waals surface area (Å²) in [6.45, 7) is 1.54. The van der Waals surface area contributed by atoms with Gasteiger partial charge in [-0.25, -0.2) is 0 Å². The quantitative estimate of drug-likeness (QED) is 0.798. The number of rotatable bonds is 7. The summed E-state index contributed by atoms with van der Waals surface area (Å²) < 4.78 is 16.2. The van der Waals surface area contributed by atoms with E-state index in [4.69, 9.17) is 14.2 Å². The van der Waals surface area contributed by atoms with E-state index in [0.29, 0.717) is 35.5 Å². The highest BCUT2D eigenvalue weighted by molar-refractivity contribution is 5.65. The normalized spacial score (nSPS) is 16.7. The van der Waals surface area contributed by atoms with Gasteiger partial charge in [0.15, 0.2) is 5.82 Å². The van der Waals surface area contributed by atoms with Crippen molar-refractivity contribution in [2.24, 2.45) is 0 Å². The molecule has 1 saturated heterocycles. The second kappa shape index (κ2) is 7.78. The molecule has 0 bridgehead atoms. The Morgan fingerprint density at radius 2 is 2.21 bits per heavy atom. The minimum absolute atomic E-state index is 0.231. The van der Waals surface area contributed by atoms with Crippen molar-refractivity contribution in [3.8, 4) is 11.5 Å². The lowest BCUT2D eigenvalue weighted by Gasteiger charge is -2.13. The minimum Gasteiger partial charge on any atom is -0.497 e. The lowest BCUT2D eigenvalue weighted by Crippen LogP contribution is -2.19. The molecule has 1 unspecified atom stereocenters. The van der Waals surface area contributed by atoms with Crippen molar-refractivity contribution < 1.29 is 14.2 Å². The SMILES string of the molecule is COc1ccc(OC)c(Nc2nncc(NCC3CCCO3)n2)c1. The van der Waals surface area contributed by atoms with Gasteiger partial charge in [0.2, 0.25) is 5.95 Å². The fraction of sp³-hybridized carbons (Fsp3) is 0.438. The van der Waals surface area contributed by atoms with Gasteiger partial charge in [-0.2, -0.15) is 10.1 Å². The number of hydrogen-bond donors (Lipinski definition) is 2. The minimum atomic E-state index is 0.231. The standard InChI is InChI=1S/C16H21N5O3/c1-22-11-5-6-14(23-2)13(8-11)19-16-20-15(10-18-21-16)17-9-12-4-3-7-24-12/h5-6,8,10,12H,3-4,7,9H2,1-2H3,(H2,17,19,20,21). The van der Waals surface area contributed by atoms with Crippen molar-refractivity contribution in [2.45, 2.75) is 18.9 Å². The highest BCUT2D eigenvalue weighted by atomic mass is 16.5. The molecule has 24 heavy (non-hydrogen) atoms. The number of nitrogens with one attached hydrogen (secondary N) is 2. The second-order valence-electron chi connectivity index (χ2n) is 5.37. The fourth-order valence-corrected chi connectivity index (χ4v) is 2.50. The highest BCUT2D eigenvalue weighted by Crippen LogP contribution is 2.30. The van der Waals surface area contributed by atoms with Crippen molar-refractivity contribution in [1.82, 2.24) is 15.2 Å². The fourth-order valence-electron chi connectivity index (χ4n) is 2.50. The molecular weight excluding hydrogens is 310 g/mol.